The maximum absolute atomic E-state index is 5.74. The second kappa shape index (κ2) is 4.26. The number of nitrogen functional groups attached to an aromatic ring is 1. The highest BCUT2D eigenvalue weighted by Crippen LogP contribution is 2.16. The van der Waals surface area contributed by atoms with E-state index in [1.807, 2.05) is 38.5 Å². The van der Waals surface area contributed by atoms with Crippen LogP contribution < -0.4 is 10.6 Å². The van der Waals surface area contributed by atoms with Crippen molar-refractivity contribution in [1.82, 2.24) is 9.97 Å². The second-order valence-electron chi connectivity index (χ2n) is 3.92. The van der Waals surface area contributed by atoms with Crippen LogP contribution in [0.25, 0.3) is 0 Å². The SMILES string of the molecule is Cc1nc(N(C)Cc2cc[nH]c2)ccc1N. The smallest absolute Gasteiger partial charge is 0.128 e. The molecule has 0 unspecified atom stereocenters. The van der Waals surface area contributed by atoms with Gasteiger partial charge in [-0.15, -0.1) is 0 Å². The van der Waals surface area contributed by atoms with Crippen LogP contribution in [0.1, 0.15) is 11.3 Å². The van der Waals surface area contributed by atoms with Gasteiger partial charge >= 0.3 is 0 Å². The lowest BCUT2D eigenvalue weighted by Gasteiger charge is -2.18. The van der Waals surface area contributed by atoms with E-state index < -0.39 is 0 Å². The largest absolute Gasteiger partial charge is 0.397 e. The van der Waals surface area contributed by atoms with Crippen LogP contribution in [-0.2, 0) is 6.54 Å². The average Bonchev–Trinajstić information content (AvgIpc) is 2.74. The first-order chi connectivity index (χ1) is 7.66. The summed E-state index contributed by atoms with van der Waals surface area (Å²) < 4.78 is 0. The van der Waals surface area contributed by atoms with Gasteiger partial charge in [-0.1, -0.05) is 0 Å². The Balaban J connectivity index is 2.14. The van der Waals surface area contributed by atoms with Gasteiger partial charge in [0.15, 0.2) is 0 Å². The maximum Gasteiger partial charge on any atom is 0.128 e. The Morgan fingerprint density at radius 2 is 2.19 bits per heavy atom. The van der Waals surface area contributed by atoms with Crippen molar-refractivity contribution in [2.24, 2.45) is 0 Å². The molecule has 0 radical (unpaired) electrons. The number of pyridine rings is 1. The number of H-pyrrole nitrogens is 1. The Kier molecular flexibility index (Phi) is 2.81. The quantitative estimate of drug-likeness (QED) is 0.824. The lowest BCUT2D eigenvalue weighted by molar-refractivity contribution is 0.894. The number of aromatic nitrogens is 2. The highest BCUT2D eigenvalue weighted by atomic mass is 15.2. The average molecular weight is 216 g/mol. The standard InChI is InChI=1S/C12H16N4/c1-9-11(13)3-4-12(15-9)16(2)8-10-5-6-14-7-10/h3-7,14H,8,13H2,1-2H3. The van der Waals surface area contributed by atoms with Crippen LogP contribution in [0.3, 0.4) is 0 Å². The molecule has 3 N–H and O–H groups in total. The molecule has 4 nitrogen and oxygen atoms in total. The van der Waals surface area contributed by atoms with E-state index in [0.29, 0.717) is 0 Å². The van der Waals surface area contributed by atoms with Gasteiger partial charge in [-0.05, 0) is 30.7 Å². The minimum Gasteiger partial charge on any atom is -0.397 e. The van der Waals surface area contributed by atoms with E-state index in [0.717, 1.165) is 23.7 Å². The highest BCUT2D eigenvalue weighted by Gasteiger charge is 2.05. The molecule has 2 aromatic rings. The molecular weight excluding hydrogens is 200 g/mol. The third kappa shape index (κ3) is 2.16. The van der Waals surface area contributed by atoms with E-state index >= 15 is 0 Å². The molecule has 0 spiro atoms. The van der Waals surface area contributed by atoms with E-state index in [4.69, 9.17) is 5.73 Å². The maximum atomic E-state index is 5.74. The third-order valence-electron chi connectivity index (χ3n) is 2.59. The highest BCUT2D eigenvalue weighted by molar-refractivity contribution is 5.50. The molecule has 84 valence electrons. The molecule has 2 heterocycles. The van der Waals surface area contributed by atoms with Gasteiger partial charge in [0.25, 0.3) is 0 Å². The molecule has 16 heavy (non-hydrogen) atoms. The zero-order valence-electron chi connectivity index (χ0n) is 9.57. The number of aryl methyl sites for hydroxylation is 1. The Morgan fingerprint density at radius 1 is 1.38 bits per heavy atom. The van der Waals surface area contributed by atoms with Gasteiger partial charge in [-0.25, -0.2) is 4.98 Å². The fraction of sp³-hybridized carbons (Fsp3) is 0.250. The predicted molar refractivity (Wildman–Crippen MR) is 66.3 cm³/mol. The molecule has 0 aliphatic carbocycles. The Hall–Kier alpha value is -1.97. The van der Waals surface area contributed by atoms with Crippen molar-refractivity contribution < 1.29 is 0 Å². The second-order valence-corrected chi connectivity index (χ2v) is 3.92. The van der Waals surface area contributed by atoms with Crippen LogP contribution in [0.5, 0.6) is 0 Å². The van der Waals surface area contributed by atoms with Gasteiger partial charge in [0.05, 0.1) is 11.4 Å². The van der Waals surface area contributed by atoms with Crippen molar-refractivity contribution in [2.45, 2.75) is 13.5 Å². The summed E-state index contributed by atoms with van der Waals surface area (Å²) in [5.74, 6) is 0.938. The van der Waals surface area contributed by atoms with Gasteiger partial charge < -0.3 is 15.6 Å². The molecule has 0 fully saturated rings. The van der Waals surface area contributed by atoms with Crippen LogP contribution in [0.4, 0.5) is 11.5 Å². The topological polar surface area (TPSA) is 57.9 Å². The molecular formula is C12H16N4. The van der Waals surface area contributed by atoms with Gasteiger partial charge in [0.2, 0.25) is 0 Å². The monoisotopic (exact) mass is 216 g/mol. The summed E-state index contributed by atoms with van der Waals surface area (Å²) in [5, 5.41) is 0. The van der Waals surface area contributed by atoms with Crippen LogP contribution in [0.15, 0.2) is 30.6 Å². The molecule has 0 amide bonds. The molecule has 0 aromatic carbocycles. The lowest BCUT2D eigenvalue weighted by Crippen LogP contribution is -2.17. The van der Waals surface area contributed by atoms with Crippen LogP contribution in [-0.4, -0.2) is 17.0 Å². The minimum atomic E-state index is 0.735. The normalized spacial score (nSPS) is 10.4. The van der Waals surface area contributed by atoms with Crippen LogP contribution in [0.2, 0.25) is 0 Å². The number of hydrogen-bond acceptors (Lipinski definition) is 3. The van der Waals surface area contributed by atoms with E-state index in [1.54, 1.807) is 0 Å². The molecule has 0 aliphatic rings. The minimum absolute atomic E-state index is 0.735. The molecule has 2 rings (SSSR count). The van der Waals surface area contributed by atoms with Gasteiger partial charge in [0, 0.05) is 26.0 Å². The number of nitrogens with zero attached hydrogens (tertiary/aromatic N) is 2. The van der Waals surface area contributed by atoms with Crippen molar-refractivity contribution in [1.29, 1.82) is 0 Å². The number of aromatic amines is 1. The number of nitrogens with one attached hydrogen (secondary N) is 1. The molecule has 2 aromatic heterocycles. The van der Waals surface area contributed by atoms with Crippen molar-refractivity contribution in [2.75, 3.05) is 17.7 Å². The summed E-state index contributed by atoms with van der Waals surface area (Å²) in [7, 11) is 2.02. The fourth-order valence-corrected chi connectivity index (χ4v) is 1.58. The summed E-state index contributed by atoms with van der Waals surface area (Å²) in [6.45, 7) is 2.75. The molecule has 0 aliphatic heterocycles. The van der Waals surface area contributed by atoms with Crippen molar-refractivity contribution in [3.8, 4) is 0 Å². The predicted octanol–water partition coefficient (Wildman–Crippen LogP) is 1.94. The van der Waals surface area contributed by atoms with Gasteiger partial charge in [0.1, 0.15) is 5.82 Å². The Labute approximate surface area is 95.1 Å². The van der Waals surface area contributed by atoms with Crippen LogP contribution in [0, 0.1) is 6.92 Å². The van der Waals surface area contributed by atoms with Crippen molar-refractivity contribution in [3.05, 3.63) is 41.9 Å². The number of anilines is 2. The molecule has 4 heteroatoms. The summed E-state index contributed by atoms with van der Waals surface area (Å²) in [6, 6.07) is 5.89. The summed E-state index contributed by atoms with van der Waals surface area (Å²) in [6.07, 6.45) is 3.91. The summed E-state index contributed by atoms with van der Waals surface area (Å²) in [4.78, 5) is 9.58. The molecule has 0 saturated heterocycles. The van der Waals surface area contributed by atoms with E-state index in [1.165, 1.54) is 5.56 Å². The zero-order valence-corrected chi connectivity index (χ0v) is 9.57. The molecule has 0 atom stereocenters. The number of rotatable bonds is 3. The van der Waals surface area contributed by atoms with Gasteiger partial charge in [-0.2, -0.15) is 0 Å². The van der Waals surface area contributed by atoms with E-state index in [9.17, 15) is 0 Å². The number of nitrogens with two attached hydrogens (primary N) is 1. The summed E-state index contributed by atoms with van der Waals surface area (Å²) >= 11 is 0. The van der Waals surface area contributed by atoms with Crippen molar-refractivity contribution >= 4 is 11.5 Å². The van der Waals surface area contributed by atoms with E-state index in [-0.39, 0.29) is 0 Å². The molecule has 0 saturated carbocycles. The molecule has 0 bridgehead atoms. The first kappa shape index (κ1) is 10.5. The third-order valence-corrected chi connectivity index (χ3v) is 2.59. The van der Waals surface area contributed by atoms with Gasteiger partial charge in [-0.3, -0.25) is 0 Å². The lowest BCUT2D eigenvalue weighted by atomic mass is 10.3. The fourth-order valence-electron chi connectivity index (χ4n) is 1.58. The Morgan fingerprint density at radius 3 is 2.81 bits per heavy atom. The van der Waals surface area contributed by atoms with E-state index in [2.05, 4.69) is 20.9 Å². The van der Waals surface area contributed by atoms with Crippen LogP contribution >= 0.6 is 0 Å². The summed E-state index contributed by atoms with van der Waals surface area (Å²) in [5.41, 5.74) is 8.58. The Bertz CT molecular complexity index is 462. The first-order valence-corrected chi connectivity index (χ1v) is 5.23. The zero-order chi connectivity index (χ0) is 11.5. The van der Waals surface area contributed by atoms with Crippen molar-refractivity contribution in [3.63, 3.8) is 0 Å². The number of hydrogen-bond donors (Lipinski definition) is 2. The first-order valence-electron chi connectivity index (χ1n) is 5.23.